The maximum atomic E-state index is 5.39. The highest BCUT2D eigenvalue weighted by atomic mass is 32.2. The second kappa shape index (κ2) is 9.06. The predicted octanol–water partition coefficient (Wildman–Crippen LogP) is 3.44. The van der Waals surface area contributed by atoms with E-state index in [-0.39, 0.29) is 0 Å². The van der Waals surface area contributed by atoms with Gasteiger partial charge in [-0.05, 0) is 31.0 Å². The van der Waals surface area contributed by atoms with Crippen LogP contribution in [0.5, 0.6) is 5.75 Å². The van der Waals surface area contributed by atoms with Gasteiger partial charge < -0.3 is 4.74 Å². The summed E-state index contributed by atoms with van der Waals surface area (Å²) in [6.07, 6.45) is 5.33. The number of thioether (sulfide) groups is 1. The molecule has 3 heteroatoms. The van der Waals surface area contributed by atoms with E-state index in [9.17, 15) is 0 Å². The molecule has 2 nitrogen and oxygen atoms in total. The summed E-state index contributed by atoms with van der Waals surface area (Å²) < 4.78 is 5.39. The molecule has 0 aromatic heterocycles. The van der Waals surface area contributed by atoms with Crippen molar-refractivity contribution in [2.75, 3.05) is 32.2 Å². The van der Waals surface area contributed by atoms with Gasteiger partial charge in [0.2, 0.25) is 0 Å². The van der Waals surface area contributed by atoms with Gasteiger partial charge in [0.15, 0.2) is 0 Å². The number of benzene rings is 1. The molecule has 0 fully saturated rings. The lowest BCUT2D eigenvalue weighted by atomic mass is 10.2. The van der Waals surface area contributed by atoms with Crippen LogP contribution in [0.2, 0.25) is 0 Å². The maximum Gasteiger partial charge on any atom is 0.123 e. The van der Waals surface area contributed by atoms with Gasteiger partial charge in [-0.2, -0.15) is 11.8 Å². The lowest BCUT2D eigenvalue weighted by Gasteiger charge is -2.21. The van der Waals surface area contributed by atoms with Crippen molar-refractivity contribution in [3.05, 3.63) is 42.5 Å². The average molecular weight is 265 g/mol. The Kier molecular flexibility index (Phi) is 7.62. The average Bonchev–Trinajstić information content (AvgIpc) is 2.40. The molecule has 0 amide bonds. The first-order chi connectivity index (χ1) is 8.81. The second-order valence-electron chi connectivity index (χ2n) is 4.18. The van der Waals surface area contributed by atoms with E-state index in [1.807, 2.05) is 30.0 Å². The summed E-state index contributed by atoms with van der Waals surface area (Å²) in [5.74, 6) is 2.18. The molecule has 0 unspecified atom stereocenters. The van der Waals surface area contributed by atoms with Crippen LogP contribution in [-0.4, -0.2) is 37.1 Å². The minimum absolute atomic E-state index is 0.921. The Morgan fingerprint density at radius 2 is 2.17 bits per heavy atom. The van der Waals surface area contributed by atoms with E-state index >= 15 is 0 Å². The molecule has 0 saturated carbocycles. The van der Waals surface area contributed by atoms with Gasteiger partial charge in [-0.1, -0.05) is 24.3 Å². The Labute approximate surface area is 115 Å². The third-order valence-corrected chi connectivity index (χ3v) is 3.49. The van der Waals surface area contributed by atoms with Gasteiger partial charge in [-0.25, -0.2) is 0 Å². The van der Waals surface area contributed by atoms with Gasteiger partial charge in [0.25, 0.3) is 0 Å². The minimum Gasteiger partial charge on any atom is -0.496 e. The fraction of sp³-hybridized carbons (Fsp3) is 0.467. The molecule has 0 radical (unpaired) electrons. The molecule has 18 heavy (non-hydrogen) atoms. The summed E-state index contributed by atoms with van der Waals surface area (Å²) in [5, 5.41) is 0. The van der Waals surface area contributed by atoms with Crippen molar-refractivity contribution < 1.29 is 4.74 Å². The number of nitrogens with zero attached hydrogens (tertiary/aromatic N) is 1. The number of ether oxygens (including phenoxy) is 1. The molecule has 1 rings (SSSR count). The summed E-state index contributed by atoms with van der Waals surface area (Å²) in [6.45, 7) is 6.78. The molecule has 0 aliphatic heterocycles. The number of para-hydroxylation sites is 1. The summed E-state index contributed by atoms with van der Waals surface area (Å²) in [5.41, 5.74) is 1.24. The van der Waals surface area contributed by atoms with Crippen molar-refractivity contribution >= 4 is 11.8 Å². The Bertz CT molecular complexity index is 354. The summed E-state index contributed by atoms with van der Waals surface area (Å²) >= 11 is 1.90. The van der Waals surface area contributed by atoms with Crippen molar-refractivity contribution in [1.29, 1.82) is 0 Å². The molecule has 0 N–H and O–H groups in total. The standard InChI is InChI=1S/C15H23NOS/c1-4-10-16(11-7-12-18-3)13-14-8-5-6-9-15(14)17-2/h4-6,8-9H,1,7,10-13H2,2-3H3. The highest BCUT2D eigenvalue weighted by molar-refractivity contribution is 7.98. The molecule has 1 aromatic rings. The zero-order chi connectivity index (χ0) is 13.2. The number of rotatable bonds is 9. The second-order valence-corrected chi connectivity index (χ2v) is 5.17. The van der Waals surface area contributed by atoms with Crippen LogP contribution >= 0.6 is 11.8 Å². The van der Waals surface area contributed by atoms with Crippen LogP contribution in [0.1, 0.15) is 12.0 Å². The van der Waals surface area contributed by atoms with E-state index in [1.165, 1.54) is 17.7 Å². The molecule has 0 bridgehead atoms. The van der Waals surface area contributed by atoms with E-state index in [2.05, 4.69) is 29.9 Å². The van der Waals surface area contributed by atoms with E-state index in [0.29, 0.717) is 0 Å². The van der Waals surface area contributed by atoms with Gasteiger partial charge in [0.05, 0.1) is 7.11 Å². The molecule has 100 valence electrons. The SMILES string of the molecule is C=CCN(CCCSC)Cc1ccccc1OC. The zero-order valence-corrected chi connectivity index (χ0v) is 12.2. The number of hydrogen-bond donors (Lipinski definition) is 0. The zero-order valence-electron chi connectivity index (χ0n) is 11.4. The molecular weight excluding hydrogens is 242 g/mol. The van der Waals surface area contributed by atoms with Crippen molar-refractivity contribution in [2.45, 2.75) is 13.0 Å². The quantitative estimate of drug-likeness (QED) is 0.501. The Morgan fingerprint density at radius 3 is 2.83 bits per heavy atom. The first-order valence-corrected chi connectivity index (χ1v) is 7.65. The van der Waals surface area contributed by atoms with Crippen LogP contribution < -0.4 is 4.74 Å². The lowest BCUT2D eigenvalue weighted by molar-refractivity contribution is 0.289. The lowest BCUT2D eigenvalue weighted by Crippen LogP contribution is -2.25. The number of hydrogen-bond acceptors (Lipinski definition) is 3. The molecule has 0 atom stereocenters. The summed E-state index contributed by atoms with van der Waals surface area (Å²) in [7, 11) is 1.73. The van der Waals surface area contributed by atoms with Gasteiger partial charge >= 0.3 is 0 Å². The fourth-order valence-corrected chi connectivity index (χ4v) is 2.34. The van der Waals surface area contributed by atoms with Gasteiger partial charge in [-0.3, -0.25) is 4.90 Å². The fourth-order valence-electron chi connectivity index (χ4n) is 1.92. The third-order valence-electron chi connectivity index (χ3n) is 2.80. The summed E-state index contributed by atoms with van der Waals surface area (Å²) in [6, 6.07) is 8.21. The van der Waals surface area contributed by atoms with Gasteiger partial charge in [-0.15, -0.1) is 6.58 Å². The largest absolute Gasteiger partial charge is 0.496 e. The molecule has 0 heterocycles. The Balaban J connectivity index is 2.60. The predicted molar refractivity (Wildman–Crippen MR) is 81.5 cm³/mol. The Morgan fingerprint density at radius 1 is 1.39 bits per heavy atom. The van der Waals surface area contributed by atoms with Crippen LogP contribution in [-0.2, 0) is 6.54 Å². The molecular formula is C15H23NOS. The highest BCUT2D eigenvalue weighted by Gasteiger charge is 2.07. The topological polar surface area (TPSA) is 12.5 Å². The monoisotopic (exact) mass is 265 g/mol. The van der Waals surface area contributed by atoms with Crippen molar-refractivity contribution in [3.8, 4) is 5.75 Å². The van der Waals surface area contributed by atoms with Crippen molar-refractivity contribution in [3.63, 3.8) is 0 Å². The molecule has 0 spiro atoms. The molecule has 0 aliphatic carbocycles. The van der Waals surface area contributed by atoms with Gasteiger partial charge in [0.1, 0.15) is 5.75 Å². The molecule has 1 aromatic carbocycles. The smallest absolute Gasteiger partial charge is 0.123 e. The Hall–Kier alpha value is -0.930. The highest BCUT2D eigenvalue weighted by Crippen LogP contribution is 2.19. The first-order valence-electron chi connectivity index (χ1n) is 6.26. The van der Waals surface area contributed by atoms with E-state index < -0.39 is 0 Å². The maximum absolute atomic E-state index is 5.39. The molecule has 0 aliphatic rings. The molecule has 0 saturated heterocycles. The van der Waals surface area contributed by atoms with Gasteiger partial charge in [0, 0.05) is 18.7 Å². The minimum atomic E-state index is 0.921. The van der Waals surface area contributed by atoms with E-state index in [1.54, 1.807) is 7.11 Å². The van der Waals surface area contributed by atoms with E-state index in [4.69, 9.17) is 4.74 Å². The first kappa shape index (κ1) is 15.1. The normalized spacial score (nSPS) is 10.6. The third kappa shape index (κ3) is 5.15. The summed E-state index contributed by atoms with van der Waals surface area (Å²) in [4.78, 5) is 2.40. The van der Waals surface area contributed by atoms with Crippen LogP contribution in [0.3, 0.4) is 0 Å². The number of methoxy groups -OCH3 is 1. The van der Waals surface area contributed by atoms with Crippen LogP contribution in [0.25, 0.3) is 0 Å². The van der Waals surface area contributed by atoms with Crippen molar-refractivity contribution in [2.24, 2.45) is 0 Å². The van der Waals surface area contributed by atoms with E-state index in [0.717, 1.165) is 25.4 Å². The van der Waals surface area contributed by atoms with Crippen LogP contribution in [0.4, 0.5) is 0 Å². The van der Waals surface area contributed by atoms with Crippen LogP contribution in [0, 0.1) is 0 Å². The van der Waals surface area contributed by atoms with Crippen molar-refractivity contribution in [1.82, 2.24) is 4.90 Å². The van der Waals surface area contributed by atoms with Crippen LogP contribution in [0.15, 0.2) is 36.9 Å².